The Labute approximate surface area is 49.3 Å². The molecule has 0 unspecified atom stereocenters. The lowest BCUT2D eigenvalue weighted by Crippen LogP contribution is -1.37. The largest absolute Gasteiger partial charge is 0.225 e. The number of hydrogen-bond acceptors (Lipinski definition) is 5. The van der Waals surface area contributed by atoms with E-state index >= 15 is 0 Å². The second-order valence-electron chi connectivity index (χ2n) is 0.217. The first-order valence-corrected chi connectivity index (χ1v) is 4.29. The van der Waals surface area contributed by atoms with Crippen LogP contribution in [0.5, 0.6) is 0 Å². The number of hydrogen-bond donors (Lipinski definition) is 2. The maximum atomic E-state index is 4.40. The molecule has 5 heavy (non-hydrogen) atoms. The van der Waals surface area contributed by atoms with Gasteiger partial charge < -0.3 is 0 Å². The van der Waals surface area contributed by atoms with Gasteiger partial charge >= 0.3 is 0 Å². The highest BCUT2D eigenvalue weighted by Crippen LogP contribution is 2.19. The van der Waals surface area contributed by atoms with Crippen molar-refractivity contribution in [3.8, 4) is 0 Å². The first kappa shape index (κ1) is 6.36. The molecule has 0 spiro atoms. The normalized spacial score (nSPS) is 8.40. The van der Waals surface area contributed by atoms with Crippen molar-refractivity contribution in [3.05, 3.63) is 0 Å². The smallest absolute Gasteiger partial charge is 0.0754 e. The number of rotatable bonds is 2. The average Bonchev–Trinajstić information content (AvgIpc) is 1.41. The summed E-state index contributed by atoms with van der Waals surface area (Å²) in [6, 6.07) is 0. The van der Waals surface area contributed by atoms with E-state index in [1.165, 1.54) is 0 Å². The van der Waals surface area contributed by atoms with Crippen LogP contribution in [0, 0.1) is 0 Å². The molecule has 0 atom stereocenters. The van der Waals surface area contributed by atoms with Crippen molar-refractivity contribution >= 4 is 45.5 Å². The van der Waals surface area contributed by atoms with Crippen molar-refractivity contribution < 1.29 is 3.63 Å². The van der Waals surface area contributed by atoms with Gasteiger partial charge in [-0.25, -0.2) is 3.63 Å². The molecule has 0 bridgehead atoms. The Hall–Kier alpha value is 1.36. The molecule has 0 aliphatic rings. The van der Waals surface area contributed by atoms with E-state index in [2.05, 4.69) is 27.0 Å². The maximum absolute atomic E-state index is 4.40. The molecule has 1 nitrogen and oxygen atoms in total. The fourth-order valence-corrected chi connectivity index (χ4v) is 1.10. The topological polar surface area (TPSA) is 9.23 Å². The number of thiol groups is 2. The van der Waals surface area contributed by atoms with Gasteiger partial charge in [-0.2, -0.15) is 0 Å². The molecule has 0 amide bonds. The Morgan fingerprint density at radius 1 is 1.20 bits per heavy atom. The van der Waals surface area contributed by atoms with Crippen molar-refractivity contribution in [1.82, 2.24) is 0 Å². The van der Waals surface area contributed by atoms with Crippen LogP contribution in [0.4, 0.5) is 0 Å². The summed E-state index contributed by atoms with van der Waals surface area (Å²) < 4.78 is 4.40. The van der Waals surface area contributed by atoms with Gasteiger partial charge in [0.15, 0.2) is 0 Å². The zero-order valence-corrected chi connectivity index (χ0v) is 5.54. The second-order valence-corrected chi connectivity index (χ2v) is 1.95. The van der Waals surface area contributed by atoms with Crippen LogP contribution in [-0.4, -0.2) is 0 Å². The molecule has 0 saturated heterocycles. The molecule has 0 rings (SSSR count). The Morgan fingerprint density at radius 2 is 1.60 bits per heavy atom. The molecule has 0 aliphatic carbocycles. The minimum absolute atomic E-state index is 0.983. The maximum Gasteiger partial charge on any atom is 0.0754 e. The average molecular weight is 146 g/mol. The van der Waals surface area contributed by atoms with E-state index in [-0.39, 0.29) is 0 Å². The van der Waals surface area contributed by atoms with Gasteiger partial charge in [-0.1, -0.05) is 23.3 Å². The second kappa shape index (κ2) is 5.36. The monoisotopic (exact) mass is 146 g/mol. The molecule has 0 saturated carbocycles. The van der Waals surface area contributed by atoms with Crippen LogP contribution in [0.1, 0.15) is 0 Å². The Bertz CT molecular complexity index is 11.1. The fraction of sp³-hybridized carbons (Fsp3) is 0. The van der Waals surface area contributed by atoms with E-state index < -0.39 is 0 Å². The zero-order chi connectivity index (χ0) is 4.12. The molecule has 0 aromatic rings. The Morgan fingerprint density at radius 3 is 1.60 bits per heavy atom. The minimum Gasteiger partial charge on any atom is -0.225 e. The fourth-order valence-electron chi connectivity index (χ4n) is 0.0136. The highest BCUT2D eigenvalue weighted by molar-refractivity contribution is 8.73. The van der Waals surface area contributed by atoms with Crippen LogP contribution in [0.2, 0.25) is 0 Å². The third-order valence-corrected chi connectivity index (χ3v) is 1.64. The molecule has 0 aromatic heterocycles. The van der Waals surface area contributed by atoms with Crippen LogP contribution in [0.3, 0.4) is 0 Å². The molecule has 32 valence electrons. The highest BCUT2D eigenvalue weighted by Gasteiger charge is 1.69. The van der Waals surface area contributed by atoms with Gasteiger partial charge in [0.05, 0.1) is 22.1 Å². The van der Waals surface area contributed by atoms with Crippen LogP contribution < -0.4 is 0 Å². The summed E-state index contributed by atoms with van der Waals surface area (Å²) in [5.74, 6) is 0. The summed E-state index contributed by atoms with van der Waals surface area (Å²) in [4.78, 5) is 0. The first-order valence-electron chi connectivity index (χ1n) is 0.698. The van der Waals surface area contributed by atoms with Crippen molar-refractivity contribution in [1.29, 1.82) is 0 Å². The third-order valence-electron chi connectivity index (χ3n) is 0.0609. The molecule has 0 fully saturated rings. The van der Waals surface area contributed by atoms with Gasteiger partial charge in [0.25, 0.3) is 0 Å². The van der Waals surface area contributed by atoms with Crippen LogP contribution in [-0.2, 0) is 3.63 Å². The third kappa shape index (κ3) is 5.36. The van der Waals surface area contributed by atoms with E-state index in [4.69, 9.17) is 0 Å². The first-order chi connectivity index (χ1) is 2.41. The van der Waals surface area contributed by atoms with Crippen molar-refractivity contribution in [2.45, 2.75) is 0 Å². The quantitative estimate of drug-likeness (QED) is 0.350. The van der Waals surface area contributed by atoms with Crippen LogP contribution >= 0.6 is 45.5 Å². The van der Waals surface area contributed by atoms with Gasteiger partial charge in [-0.05, 0) is 0 Å². The summed E-state index contributed by atoms with van der Waals surface area (Å²) in [5, 5.41) is 0. The van der Waals surface area contributed by atoms with E-state index in [1.54, 1.807) is 0 Å². The van der Waals surface area contributed by atoms with Crippen LogP contribution in [0.25, 0.3) is 0 Å². The Kier molecular flexibility index (Phi) is 6.82. The summed E-state index contributed by atoms with van der Waals surface area (Å²) in [5.41, 5.74) is 0. The zero-order valence-electron chi connectivity index (χ0n) is 2.12. The lowest BCUT2D eigenvalue weighted by atomic mass is 15.9. The summed E-state index contributed by atoms with van der Waals surface area (Å²) in [6.45, 7) is 0. The predicted molar refractivity (Wildman–Crippen MR) is 34.2 cm³/mol. The van der Waals surface area contributed by atoms with Crippen LogP contribution in [0.15, 0.2) is 0 Å². The van der Waals surface area contributed by atoms with E-state index in [9.17, 15) is 0 Å². The summed E-state index contributed by atoms with van der Waals surface area (Å²) >= 11 is 9.22. The molecule has 0 aliphatic heterocycles. The molecular formula is H2OS4. The molecule has 5 heteroatoms. The molecular weight excluding hydrogens is 144 g/mol. The highest BCUT2D eigenvalue weighted by atomic mass is 33.1. The van der Waals surface area contributed by atoms with Gasteiger partial charge in [0, 0.05) is 0 Å². The van der Waals surface area contributed by atoms with Gasteiger partial charge in [0.2, 0.25) is 0 Å². The SMILES string of the molecule is SSOSS. The van der Waals surface area contributed by atoms with Crippen molar-refractivity contribution in [3.63, 3.8) is 0 Å². The molecule has 0 radical (unpaired) electrons. The standard InChI is InChI=1S/H2OS4/c2-4-1-5-3/h2-3H. The molecule has 0 aromatic carbocycles. The van der Waals surface area contributed by atoms with E-state index in [0.29, 0.717) is 0 Å². The molecule has 0 N–H and O–H groups in total. The van der Waals surface area contributed by atoms with E-state index in [1.807, 2.05) is 0 Å². The summed E-state index contributed by atoms with van der Waals surface area (Å²) in [6.07, 6.45) is 0. The lowest BCUT2D eigenvalue weighted by Gasteiger charge is -1.79. The van der Waals surface area contributed by atoms with Crippen molar-refractivity contribution in [2.75, 3.05) is 0 Å². The summed E-state index contributed by atoms with van der Waals surface area (Å²) in [7, 11) is 0. The van der Waals surface area contributed by atoms with E-state index in [0.717, 1.165) is 22.1 Å². The predicted octanol–water partition coefficient (Wildman–Crippen LogP) is 1.99. The Balaban J connectivity index is 2.19. The van der Waals surface area contributed by atoms with Gasteiger partial charge in [-0.15, -0.1) is 0 Å². The molecule has 0 heterocycles. The lowest BCUT2D eigenvalue weighted by molar-refractivity contribution is 0.785. The van der Waals surface area contributed by atoms with Gasteiger partial charge in [-0.3, -0.25) is 0 Å². The van der Waals surface area contributed by atoms with Gasteiger partial charge in [0.1, 0.15) is 0 Å². The minimum atomic E-state index is 0.983. The van der Waals surface area contributed by atoms with Crippen molar-refractivity contribution in [2.24, 2.45) is 0 Å².